The molecule has 0 spiro atoms. The lowest BCUT2D eigenvalue weighted by atomic mass is 9.90. The molecule has 1 aliphatic carbocycles. The molecule has 7 heteroatoms. The molecule has 0 amide bonds. The van der Waals surface area contributed by atoms with Crippen molar-refractivity contribution >= 4 is 28.3 Å². The Morgan fingerprint density at radius 2 is 2.12 bits per heavy atom. The SMILES string of the molecule is Nc1nc2cc(CC3CC[C@@]4(O)[C@@H]3OC(O)[C@@H]4O)ccc2cc1Cl. The Morgan fingerprint density at radius 3 is 2.92 bits per heavy atom. The highest BCUT2D eigenvalue weighted by Gasteiger charge is 2.60. The van der Waals surface area contributed by atoms with Crippen LogP contribution in [0.2, 0.25) is 5.02 Å². The first-order valence-corrected chi connectivity index (χ1v) is 8.35. The van der Waals surface area contributed by atoms with Crippen LogP contribution >= 0.6 is 11.6 Å². The van der Waals surface area contributed by atoms with Crippen molar-refractivity contribution in [3.05, 3.63) is 34.9 Å². The van der Waals surface area contributed by atoms with Gasteiger partial charge in [-0.2, -0.15) is 0 Å². The summed E-state index contributed by atoms with van der Waals surface area (Å²) in [7, 11) is 0. The van der Waals surface area contributed by atoms with E-state index in [0.29, 0.717) is 23.7 Å². The van der Waals surface area contributed by atoms with Crippen LogP contribution in [0.4, 0.5) is 5.82 Å². The lowest BCUT2D eigenvalue weighted by Gasteiger charge is -2.25. The fourth-order valence-corrected chi connectivity index (χ4v) is 4.14. The number of hydrogen-bond acceptors (Lipinski definition) is 6. The Hall–Kier alpha value is -1.44. The molecular weight excluding hydrogens is 332 g/mol. The maximum atomic E-state index is 10.6. The van der Waals surface area contributed by atoms with Crippen molar-refractivity contribution < 1.29 is 20.1 Å². The van der Waals surface area contributed by atoms with Crippen LogP contribution in [0.1, 0.15) is 18.4 Å². The minimum absolute atomic E-state index is 0.0175. The van der Waals surface area contributed by atoms with Crippen molar-refractivity contribution in [2.45, 2.75) is 43.4 Å². The molecule has 5 atom stereocenters. The van der Waals surface area contributed by atoms with Gasteiger partial charge in [0.15, 0.2) is 6.29 Å². The quantitative estimate of drug-likeness (QED) is 0.648. The normalized spacial score (nSPS) is 35.5. The fraction of sp³-hybridized carbons (Fsp3) is 0.471. The van der Waals surface area contributed by atoms with Crippen LogP contribution in [0.15, 0.2) is 24.3 Å². The van der Waals surface area contributed by atoms with Crippen molar-refractivity contribution in [1.82, 2.24) is 4.98 Å². The van der Waals surface area contributed by atoms with Gasteiger partial charge < -0.3 is 25.8 Å². The van der Waals surface area contributed by atoms with E-state index in [9.17, 15) is 15.3 Å². The molecular formula is C17H19ClN2O4. The number of nitrogens with two attached hydrogens (primary N) is 1. The molecule has 24 heavy (non-hydrogen) atoms. The van der Waals surface area contributed by atoms with E-state index in [1.54, 1.807) is 6.07 Å². The molecule has 2 aromatic rings. The van der Waals surface area contributed by atoms with Gasteiger partial charge in [-0.25, -0.2) is 4.98 Å². The zero-order chi connectivity index (χ0) is 17.1. The third kappa shape index (κ3) is 2.37. The summed E-state index contributed by atoms with van der Waals surface area (Å²) in [5.41, 5.74) is 6.19. The topological polar surface area (TPSA) is 109 Å². The monoisotopic (exact) mass is 350 g/mol. The Labute approximate surface area is 143 Å². The highest BCUT2D eigenvalue weighted by Crippen LogP contribution is 2.46. The number of nitrogens with zero attached hydrogens (tertiary/aromatic N) is 1. The van der Waals surface area contributed by atoms with Gasteiger partial charge in [0.05, 0.1) is 16.6 Å². The predicted octanol–water partition coefficient (Wildman–Crippen LogP) is 1.23. The van der Waals surface area contributed by atoms with Crippen LogP contribution < -0.4 is 5.73 Å². The van der Waals surface area contributed by atoms with Gasteiger partial charge >= 0.3 is 0 Å². The Balaban J connectivity index is 1.60. The maximum Gasteiger partial charge on any atom is 0.184 e. The number of fused-ring (bicyclic) bond motifs is 2. The molecule has 2 aliphatic rings. The molecule has 0 bridgehead atoms. The van der Waals surface area contributed by atoms with Gasteiger partial charge in [-0.15, -0.1) is 0 Å². The van der Waals surface area contributed by atoms with Gasteiger partial charge in [-0.3, -0.25) is 0 Å². The molecule has 4 rings (SSSR count). The Kier molecular flexibility index (Phi) is 3.71. The summed E-state index contributed by atoms with van der Waals surface area (Å²) >= 11 is 5.99. The van der Waals surface area contributed by atoms with E-state index >= 15 is 0 Å². The predicted molar refractivity (Wildman–Crippen MR) is 89.4 cm³/mol. The summed E-state index contributed by atoms with van der Waals surface area (Å²) in [6, 6.07) is 7.64. The first-order chi connectivity index (χ1) is 11.4. The summed E-state index contributed by atoms with van der Waals surface area (Å²) < 4.78 is 5.41. The third-order valence-corrected chi connectivity index (χ3v) is 5.57. The van der Waals surface area contributed by atoms with Crippen LogP contribution in [0.5, 0.6) is 0 Å². The average molecular weight is 351 g/mol. The van der Waals surface area contributed by atoms with Crippen LogP contribution in [-0.4, -0.2) is 44.4 Å². The first kappa shape index (κ1) is 16.1. The summed E-state index contributed by atoms with van der Waals surface area (Å²) in [6.45, 7) is 0. The van der Waals surface area contributed by atoms with Crippen LogP contribution in [-0.2, 0) is 11.2 Å². The van der Waals surface area contributed by atoms with E-state index in [-0.39, 0.29) is 5.92 Å². The molecule has 0 radical (unpaired) electrons. The smallest absolute Gasteiger partial charge is 0.184 e. The van der Waals surface area contributed by atoms with Gasteiger partial charge in [0.1, 0.15) is 17.5 Å². The molecule has 1 aromatic heterocycles. The van der Waals surface area contributed by atoms with E-state index in [2.05, 4.69) is 4.98 Å². The third-order valence-electron chi connectivity index (χ3n) is 5.27. The minimum atomic E-state index is -1.36. The van der Waals surface area contributed by atoms with E-state index < -0.39 is 24.1 Å². The zero-order valence-corrected chi connectivity index (χ0v) is 13.6. The van der Waals surface area contributed by atoms with Crippen molar-refractivity contribution in [3.63, 3.8) is 0 Å². The molecule has 2 unspecified atom stereocenters. The number of nitrogen functional groups attached to an aromatic ring is 1. The second kappa shape index (κ2) is 5.54. The molecule has 1 saturated carbocycles. The average Bonchev–Trinajstić information content (AvgIpc) is 2.96. The molecule has 1 aliphatic heterocycles. The molecule has 1 saturated heterocycles. The summed E-state index contributed by atoms with van der Waals surface area (Å²) in [6.07, 6.45) is -1.36. The van der Waals surface area contributed by atoms with E-state index in [0.717, 1.165) is 22.9 Å². The molecule has 5 N–H and O–H groups in total. The molecule has 2 fully saturated rings. The number of rotatable bonds is 2. The number of anilines is 1. The number of halogens is 1. The largest absolute Gasteiger partial charge is 0.385 e. The number of ether oxygens (including phenoxy) is 1. The zero-order valence-electron chi connectivity index (χ0n) is 12.9. The minimum Gasteiger partial charge on any atom is -0.385 e. The van der Waals surface area contributed by atoms with Crippen LogP contribution in [0.3, 0.4) is 0 Å². The maximum absolute atomic E-state index is 10.6. The van der Waals surface area contributed by atoms with Crippen molar-refractivity contribution in [2.75, 3.05) is 5.73 Å². The lowest BCUT2D eigenvalue weighted by Crippen LogP contribution is -2.46. The molecule has 1 aromatic carbocycles. The number of hydrogen-bond donors (Lipinski definition) is 4. The lowest BCUT2D eigenvalue weighted by molar-refractivity contribution is -0.137. The Morgan fingerprint density at radius 1 is 1.33 bits per heavy atom. The van der Waals surface area contributed by atoms with Gasteiger partial charge in [-0.05, 0) is 42.9 Å². The van der Waals surface area contributed by atoms with Gasteiger partial charge in [0.2, 0.25) is 0 Å². The second-order valence-electron chi connectivity index (χ2n) is 6.77. The second-order valence-corrected chi connectivity index (χ2v) is 7.18. The van der Waals surface area contributed by atoms with Crippen LogP contribution in [0.25, 0.3) is 10.9 Å². The first-order valence-electron chi connectivity index (χ1n) is 7.97. The number of aromatic nitrogens is 1. The molecule has 6 nitrogen and oxygen atoms in total. The van der Waals surface area contributed by atoms with Gasteiger partial charge in [0.25, 0.3) is 0 Å². The van der Waals surface area contributed by atoms with Crippen LogP contribution in [0, 0.1) is 5.92 Å². The Bertz CT molecular complexity index is 801. The number of aliphatic hydroxyl groups is 3. The molecule has 128 valence electrons. The standard InChI is InChI=1S/C17H19ClN2O4/c18-11-7-9-2-1-8(6-12(9)20-15(11)19)5-10-3-4-17(23)13(21)16(22)24-14(10)17/h1-2,6-7,10,13-14,16,21-23H,3-5H2,(H2,19,20)/t10?,13-,14+,16?,17-/m0/s1. The molecule has 2 heterocycles. The number of aliphatic hydroxyl groups excluding tert-OH is 2. The van der Waals surface area contributed by atoms with E-state index in [1.165, 1.54) is 0 Å². The van der Waals surface area contributed by atoms with E-state index in [1.807, 2.05) is 18.2 Å². The van der Waals surface area contributed by atoms with Crippen molar-refractivity contribution in [2.24, 2.45) is 5.92 Å². The number of benzene rings is 1. The fourth-order valence-electron chi connectivity index (χ4n) is 3.98. The highest BCUT2D eigenvalue weighted by atomic mass is 35.5. The van der Waals surface area contributed by atoms with Gasteiger partial charge in [-0.1, -0.05) is 23.7 Å². The summed E-state index contributed by atoms with van der Waals surface area (Å²) in [4.78, 5) is 4.30. The highest BCUT2D eigenvalue weighted by molar-refractivity contribution is 6.33. The van der Waals surface area contributed by atoms with Crippen molar-refractivity contribution in [1.29, 1.82) is 0 Å². The van der Waals surface area contributed by atoms with E-state index in [4.69, 9.17) is 22.1 Å². The van der Waals surface area contributed by atoms with Gasteiger partial charge in [0, 0.05) is 5.39 Å². The van der Waals surface area contributed by atoms with Crippen molar-refractivity contribution in [3.8, 4) is 0 Å². The summed E-state index contributed by atoms with van der Waals surface area (Å²) in [5, 5.41) is 31.5. The summed E-state index contributed by atoms with van der Waals surface area (Å²) in [5.74, 6) is 0.311. The number of pyridine rings is 1.